The summed E-state index contributed by atoms with van der Waals surface area (Å²) in [7, 11) is -3.70. The summed E-state index contributed by atoms with van der Waals surface area (Å²) >= 11 is 3.41. The molecule has 1 aliphatic rings. The van der Waals surface area contributed by atoms with Crippen LogP contribution in [-0.4, -0.2) is 27.8 Å². The van der Waals surface area contributed by atoms with Crippen molar-refractivity contribution in [2.45, 2.75) is 24.1 Å². The molecule has 5 rings (SSSR count). The summed E-state index contributed by atoms with van der Waals surface area (Å²) in [5, 5.41) is 10.7. The van der Waals surface area contributed by atoms with Crippen LogP contribution in [0.5, 0.6) is 0 Å². The molecule has 0 fully saturated rings. The Bertz CT molecular complexity index is 1370. The van der Waals surface area contributed by atoms with E-state index in [1.807, 2.05) is 24.3 Å². The van der Waals surface area contributed by atoms with Gasteiger partial charge in [-0.2, -0.15) is 4.31 Å². The monoisotopic (exact) mass is 511 g/mol. The largest absolute Gasteiger partial charge is 0.445 e. The number of rotatable bonds is 5. The molecule has 7 nitrogen and oxygen atoms in total. The van der Waals surface area contributed by atoms with E-state index in [4.69, 9.17) is 4.42 Å². The second kappa shape index (κ2) is 8.25. The Morgan fingerprint density at radius 3 is 2.53 bits per heavy atom. The summed E-state index contributed by atoms with van der Waals surface area (Å²) in [4.78, 5) is 8.65. The molecule has 2 aromatic carbocycles. The molecule has 2 aromatic heterocycles. The number of aliphatic hydroxyl groups excluding tert-OH is 1. The van der Waals surface area contributed by atoms with Gasteiger partial charge >= 0.3 is 0 Å². The Morgan fingerprint density at radius 1 is 1.03 bits per heavy atom. The van der Waals surface area contributed by atoms with Gasteiger partial charge in [0.15, 0.2) is 0 Å². The number of halogens is 1. The van der Waals surface area contributed by atoms with Crippen LogP contribution in [0.3, 0.4) is 0 Å². The van der Waals surface area contributed by atoms with E-state index < -0.39 is 16.1 Å². The minimum Gasteiger partial charge on any atom is -0.445 e. The van der Waals surface area contributed by atoms with E-state index >= 15 is 0 Å². The number of nitrogens with zero attached hydrogens (tertiary/aromatic N) is 3. The molecule has 0 saturated heterocycles. The van der Waals surface area contributed by atoms with Crippen molar-refractivity contribution in [3.63, 3.8) is 0 Å². The van der Waals surface area contributed by atoms with Gasteiger partial charge in [-0.05, 0) is 59.2 Å². The number of hydrogen-bond acceptors (Lipinski definition) is 6. The summed E-state index contributed by atoms with van der Waals surface area (Å²) in [6, 6.07) is 15.6. The van der Waals surface area contributed by atoms with Gasteiger partial charge in [-0.1, -0.05) is 28.1 Å². The van der Waals surface area contributed by atoms with Gasteiger partial charge in [-0.3, -0.25) is 4.98 Å². The zero-order chi connectivity index (χ0) is 22.3. The minimum atomic E-state index is -3.70. The number of benzene rings is 2. The van der Waals surface area contributed by atoms with Crippen molar-refractivity contribution in [3.8, 4) is 11.5 Å². The smallest absolute Gasteiger partial charge is 0.243 e. The van der Waals surface area contributed by atoms with E-state index in [9.17, 15) is 13.5 Å². The third-order valence-corrected chi connectivity index (χ3v) is 7.71. The van der Waals surface area contributed by atoms with Crippen LogP contribution >= 0.6 is 15.9 Å². The normalized spacial score (nSPS) is 14.9. The SMILES string of the molecule is O=S(=O)(c1ccc(-c2ncco2)cc1)N1Cc2cnc(C(O)c3cccc(Br)c3)cc2C1. The maximum atomic E-state index is 13.2. The number of pyridine rings is 1. The van der Waals surface area contributed by atoms with Gasteiger partial charge in [0.25, 0.3) is 0 Å². The molecule has 1 N–H and O–H groups in total. The third-order valence-electron chi connectivity index (χ3n) is 5.41. The van der Waals surface area contributed by atoms with E-state index in [-0.39, 0.29) is 18.0 Å². The molecule has 1 atom stereocenters. The first-order valence-electron chi connectivity index (χ1n) is 9.83. The number of aliphatic hydroxyl groups is 1. The highest BCUT2D eigenvalue weighted by Gasteiger charge is 2.31. The molecule has 162 valence electrons. The summed E-state index contributed by atoms with van der Waals surface area (Å²) in [5.74, 6) is 0.435. The molecule has 1 unspecified atom stereocenters. The summed E-state index contributed by atoms with van der Waals surface area (Å²) in [6.45, 7) is 0.458. The summed E-state index contributed by atoms with van der Waals surface area (Å²) in [6.07, 6.45) is 3.76. The second-order valence-electron chi connectivity index (χ2n) is 7.47. The third kappa shape index (κ3) is 3.88. The van der Waals surface area contributed by atoms with Gasteiger partial charge in [0.1, 0.15) is 12.4 Å². The quantitative estimate of drug-likeness (QED) is 0.429. The average molecular weight is 512 g/mol. The lowest BCUT2D eigenvalue weighted by Gasteiger charge is -2.15. The first kappa shape index (κ1) is 21.0. The molecule has 0 bridgehead atoms. The molecular weight excluding hydrogens is 494 g/mol. The minimum absolute atomic E-state index is 0.197. The summed E-state index contributed by atoms with van der Waals surface area (Å²) < 4.78 is 33.9. The first-order chi connectivity index (χ1) is 15.4. The van der Waals surface area contributed by atoms with Crippen molar-refractivity contribution in [3.05, 3.63) is 100 Å². The van der Waals surface area contributed by atoms with Crippen LogP contribution in [0.25, 0.3) is 11.5 Å². The lowest BCUT2D eigenvalue weighted by molar-refractivity contribution is 0.215. The van der Waals surface area contributed by atoms with Crippen molar-refractivity contribution < 1.29 is 17.9 Å². The Balaban J connectivity index is 1.37. The van der Waals surface area contributed by atoms with Gasteiger partial charge in [0.2, 0.25) is 15.9 Å². The van der Waals surface area contributed by atoms with Crippen molar-refractivity contribution >= 4 is 26.0 Å². The molecule has 0 aliphatic carbocycles. The van der Waals surface area contributed by atoms with E-state index in [0.717, 1.165) is 15.6 Å². The number of hydrogen-bond donors (Lipinski definition) is 1. The second-order valence-corrected chi connectivity index (χ2v) is 10.3. The number of sulfonamides is 1. The van der Waals surface area contributed by atoms with Crippen molar-refractivity contribution in [1.29, 1.82) is 0 Å². The van der Waals surface area contributed by atoms with Crippen LogP contribution in [0.15, 0.2) is 87.0 Å². The van der Waals surface area contributed by atoms with Gasteiger partial charge in [-0.25, -0.2) is 13.4 Å². The predicted molar refractivity (Wildman–Crippen MR) is 121 cm³/mol. The Hall–Kier alpha value is -2.85. The number of fused-ring (bicyclic) bond motifs is 1. The van der Waals surface area contributed by atoms with Crippen LogP contribution < -0.4 is 0 Å². The Morgan fingerprint density at radius 2 is 1.81 bits per heavy atom. The molecule has 0 saturated carbocycles. The van der Waals surface area contributed by atoms with Gasteiger partial charge < -0.3 is 9.52 Å². The Labute approximate surface area is 193 Å². The molecule has 0 spiro atoms. The lowest BCUT2D eigenvalue weighted by atomic mass is 10.0. The molecule has 9 heteroatoms. The maximum absolute atomic E-state index is 13.2. The highest BCUT2D eigenvalue weighted by molar-refractivity contribution is 9.10. The molecule has 4 aromatic rings. The van der Waals surface area contributed by atoms with E-state index in [0.29, 0.717) is 22.7 Å². The predicted octanol–water partition coefficient (Wildman–Crippen LogP) is 4.29. The van der Waals surface area contributed by atoms with E-state index in [1.165, 1.54) is 16.8 Å². The molecule has 32 heavy (non-hydrogen) atoms. The van der Waals surface area contributed by atoms with Gasteiger partial charge in [0.05, 0.1) is 16.8 Å². The van der Waals surface area contributed by atoms with Crippen LogP contribution in [0.2, 0.25) is 0 Å². The highest BCUT2D eigenvalue weighted by atomic mass is 79.9. The topological polar surface area (TPSA) is 96.5 Å². The number of oxazole rings is 1. The Kier molecular flexibility index (Phi) is 5.42. The van der Waals surface area contributed by atoms with Crippen molar-refractivity contribution in [2.24, 2.45) is 0 Å². The fourth-order valence-corrected chi connectivity index (χ4v) is 5.53. The van der Waals surface area contributed by atoms with Crippen LogP contribution in [0.4, 0.5) is 0 Å². The first-order valence-corrected chi connectivity index (χ1v) is 12.1. The fourth-order valence-electron chi connectivity index (χ4n) is 3.72. The van der Waals surface area contributed by atoms with Gasteiger partial charge in [-0.15, -0.1) is 0 Å². The number of aromatic nitrogens is 2. The molecule has 3 heterocycles. The highest BCUT2D eigenvalue weighted by Crippen LogP contribution is 2.32. The fraction of sp³-hybridized carbons (Fsp3) is 0.130. The van der Waals surface area contributed by atoms with Crippen LogP contribution in [-0.2, 0) is 23.1 Å². The molecule has 0 amide bonds. The lowest BCUT2D eigenvalue weighted by Crippen LogP contribution is -2.25. The van der Waals surface area contributed by atoms with Crippen molar-refractivity contribution in [1.82, 2.24) is 14.3 Å². The maximum Gasteiger partial charge on any atom is 0.243 e. The molecule has 0 radical (unpaired) electrons. The van der Waals surface area contributed by atoms with Crippen molar-refractivity contribution in [2.75, 3.05) is 0 Å². The van der Waals surface area contributed by atoms with E-state index in [2.05, 4.69) is 25.9 Å². The van der Waals surface area contributed by atoms with Crippen LogP contribution in [0, 0.1) is 0 Å². The zero-order valence-corrected chi connectivity index (χ0v) is 19.1. The molecule has 1 aliphatic heterocycles. The zero-order valence-electron chi connectivity index (χ0n) is 16.7. The summed E-state index contributed by atoms with van der Waals surface area (Å²) in [5.41, 5.74) is 3.56. The average Bonchev–Trinajstić information content (AvgIpc) is 3.48. The van der Waals surface area contributed by atoms with Crippen LogP contribution in [0.1, 0.15) is 28.5 Å². The van der Waals surface area contributed by atoms with Gasteiger partial charge in [0, 0.05) is 29.3 Å². The standard InChI is InChI=1S/C23H18BrN3O4S/c24-19-3-1-2-16(10-19)22(28)21-11-17-13-27(14-18(17)12-26-21)32(29,30)20-6-4-15(5-7-20)23-25-8-9-31-23/h1-12,22,28H,13-14H2. The molecular formula is C23H18BrN3O4S. The van der Waals surface area contributed by atoms with E-state index in [1.54, 1.807) is 36.5 Å².